The van der Waals surface area contributed by atoms with Gasteiger partial charge < -0.3 is 4.74 Å². The van der Waals surface area contributed by atoms with E-state index in [-0.39, 0.29) is 0 Å². The minimum absolute atomic E-state index is 0.573. The molecule has 0 aliphatic rings. The minimum atomic E-state index is 0.573. The van der Waals surface area contributed by atoms with E-state index >= 15 is 0 Å². The molecule has 0 fully saturated rings. The molecule has 35 heavy (non-hydrogen) atoms. The van der Waals surface area contributed by atoms with E-state index in [4.69, 9.17) is 16.3 Å². The maximum Gasteiger partial charge on any atom is 0.139 e. The second kappa shape index (κ2) is 11.2. The maximum absolute atomic E-state index is 6.68. The smallest absolute Gasteiger partial charge is 0.139 e. The van der Waals surface area contributed by atoms with Crippen molar-refractivity contribution in [2.24, 2.45) is 0 Å². The fraction of sp³-hybridized carbons (Fsp3) is 0.0323. The molecule has 5 aromatic carbocycles. The van der Waals surface area contributed by atoms with Crippen molar-refractivity contribution in [1.82, 2.24) is 0 Å². The highest BCUT2D eigenvalue weighted by atomic mass is 79.9. The molecule has 0 saturated heterocycles. The molecule has 5 aromatic rings. The standard InChI is InChI=1S/C31H23BrClOP/c32-35-21-25-20-28(22-10-4-1-5-11-22)29(23-12-6-2-7-13-23)30(24-14-8-3-9-15-24)31(25)34-27-18-16-26(33)17-19-27/h1-20,35H,21H2. The van der Waals surface area contributed by atoms with Crippen LogP contribution in [0.15, 0.2) is 121 Å². The number of halogens is 2. The number of benzene rings is 5. The molecule has 1 unspecified atom stereocenters. The van der Waals surface area contributed by atoms with Gasteiger partial charge in [-0.1, -0.05) is 118 Å². The fourth-order valence-corrected chi connectivity index (χ4v) is 5.73. The lowest BCUT2D eigenvalue weighted by atomic mass is 9.85. The summed E-state index contributed by atoms with van der Waals surface area (Å²) in [5.74, 6) is 1.64. The second-order valence-electron chi connectivity index (χ2n) is 8.13. The molecule has 1 atom stereocenters. The van der Waals surface area contributed by atoms with Crippen LogP contribution in [0.25, 0.3) is 33.4 Å². The lowest BCUT2D eigenvalue weighted by molar-refractivity contribution is 0.480. The van der Waals surface area contributed by atoms with Gasteiger partial charge in [-0.2, -0.15) is 0 Å². The van der Waals surface area contributed by atoms with Gasteiger partial charge in [-0.25, -0.2) is 0 Å². The second-order valence-corrected chi connectivity index (χ2v) is 10.9. The molecule has 0 amide bonds. The summed E-state index contributed by atoms with van der Waals surface area (Å²) in [6.07, 6.45) is 0.859. The third-order valence-corrected chi connectivity index (χ3v) is 7.46. The zero-order valence-electron chi connectivity index (χ0n) is 18.9. The number of hydrogen-bond donors (Lipinski definition) is 0. The number of ether oxygens (including phenoxy) is 1. The van der Waals surface area contributed by atoms with Gasteiger partial charge in [0.1, 0.15) is 11.5 Å². The van der Waals surface area contributed by atoms with E-state index in [9.17, 15) is 0 Å². The number of hydrogen-bond acceptors (Lipinski definition) is 1. The Kier molecular flexibility index (Phi) is 7.64. The van der Waals surface area contributed by atoms with E-state index in [1.54, 1.807) is 0 Å². The monoisotopic (exact) mass is 556 g/mol. The van der Waals surface area contributed by atoms with E-state index < -0.39 is 0 Å². The van der Waals surface area contributed by atoms with Crippen LogP contribution in [-0.2, 0) is 6.16 Å². The summed E-state index contributed by atoms with van der Waals surface area (Å²) in [7, 11) is 0.573. The van der Waals surface area contributed by atoms with E-state index in [1.165, 1.54) is 11.1 Å². The van der Waals surface area contributed by atoms with Crippen molar-refractivity contribution < 1.29 is 4.74 Å². The van der Waals surface area contributed by atoms with Crippen molar-refractivity contribution in [3.05, 3.63) is 132 Å². The van der Waals surface area contributed by atoms with Crippen LogP contribution in [0.3, 0.4) is 0 Å². The Bertz CT molecular complexity index is 1410. The van der Waals surface area contributed by atoms with Gasteiger partial charge in [0.2, 0.25) is 0 Å². The van der Waals surface area contributed by atoms with Crippen molar-refractivity contribution in [2.45, 2.75) is 6.16 Å². The summed E-state index contributed by atoms with van der Waals surface area (Å²) in [4.78, 5) is 0. The van der Waals surface area contributed by atoms with Gasteiger partial charge in [0.15, 0.2) is 0 Å². The quantitative estimate of drug-likeness (QED) is 0.181. The van der Waals surface area contributed by atoms with E-state index in [2.05, 4.69) is 106 Å². The molecule has 1 nitrogen and oxygen atoms in total. The van der Waals surface area contributed by atoms with Crippen molar-refractivity contribution in [3.8, 4) is 44.9 Å². The van der Waals surface area contributed by atoms with Crippen molar-refractivity contribution in [3.63, 3.8) is 0 Å². The molecule has 4 heteroatoms. The normalized spacial score (nSPS) is 11.1. The first-order valence-corrected chi connectivity index (χ1v) is 15.2. The summed E-state index contributed by atoms with van der Waals surface area (Å²) in [5.41, 5.74) is 8.06. The Hall–Kier alpha value is -2.90. The molecule has 0 aromatic heterocycles. The van der Waals surface area contributed by atoms with Gasteiger partial charge in [-0.3, -0.25) is 0 Å². The molecule has 0 aliphatic heterocycles. The summed E-state index contributed by atoms with van der Waals surface area (Å²) in [5, 5.41) is 0.687. The Morgan fingerprint density at radius 2 is 1.14 bits per heavy atom. The first-order valence-electron chi connectivity index (χ1n) is 11.4. The molecular weight excluding hydrogens is 535 g/mol. The summed E-state index contributed by atoms with van der Waals surface area (Å²) >= 11 is 9.85. The third kappa shape index (κ3) is 5.36. The predicted molar refractivity (Wildman–Crippen MR) is 155 cm³/mol. The van der Waals surface area contributed by atoms with Crippen LogP contribution in [0.2, 0.25) is 5.02 Å². The van der Waals surface area contributed by atoms with Gasteiger partial charge in [-0.15, -0.1) is 0 Å². The highest BCUT2D eigenvalue weighted by Gasteiger charge is 2.23. The average molecular weight is 558 g/mol. The van der Waals surface area contributed by atoms with Crippen LogP contribution in [0.1, 0.15) is 5.56 Å². The van der Waals surface area contributed by atoms with E-state index in [0.29, 0.717) is 12.3 Å². The topological polar surface area (TPSA) is 9.23 Å². The van der Waals surface area contributed by atoms with Gasteiger partial charge in [0.25, 0.3) is 0 Å². The van der Waals surface area contributed by atoms with Crippen molar-refractivity contribution >= 4 is 34.4 Å². The first-order chi connectivity index (χ1) is 17.2. The van der Waals surface area contributed by atoms with E-state index in [1.807, 2.05) is 30.3 Å². The molecular formula is C31H23BrClOP. The summed E-state index contributed by atoms with van der Waals surface area (Å²) < 4.78 is 6.68. The molecule has 172 valence electrons. The van der Waals surface area contributed by atoms with E-state index in [0.717, 1.165) is 45.5 Å². The molecule has 5 rings (SSSR count). The molecule has 0 saturated carbocycles. The Morgan fingerprint density at radius 1 is 0.629 bits per heavy atom. The summed E-state index contributed by atoms with van der Waals surface area (Å²) in [6.45, 7) is 0. The van der Waals surface area contributed by atoms with Gasteiger partial charge >= 0.3 is 0 Å². The molecule has 0 spiro atoms. The van der Waals surface area contributed by atoms with Gasteiger partial charge in [0.05, 0.1) is 0 Å². The van der Waals surface area contributed by atoms with Crippen LogP contribution < -0.4 is 4.74 Å². The van der Waals surface area contributed by atoms with Crippen molar-refractivity contribution in [1.29, 1.82) is 0 Å². The minimum Gasteiger partial charge on any atom is -0.456 e. The van der Waals surface area contributed by atoms with Crippen LogP contribution in [0.4, 0.5) is 0 Å². The predicted octanol–water partition coefficient (Wildman–Crippen LogP) is 10.6. The molecule has 0 heterocycles. The lowest BCUT2D eigenvalue weighted by Crippen LogP contribution is -1.99. The van der Waals surface area contributed by atoms with Crippen LogP contribution in [0, 0.1) is 0 Å². The highest BCUT2D eigenvalue weighted by molar-refractivity contribution is 9.36. The molecule has 0 bridgehead atoms. The molecule has 0 aliphatic carbocycles. The zero-order chi connectivity index (χ0) is 24.0. The Morgan fingerprint density at radius 3 is 1.69 bits per heavy atom. The lowest BCUT2D eigenvalue weighted by Gasteiger charge is -2.23. The maximum atomic E-state index is 6.68. The first kappa shape index (κ1) is 23.8. The SMILES string of the molecule is Clc1ccc(Oc2c(CPBr)cc(-c3ccccc3)c(-c3ccccc3)c2-c2ccccc2)cc1. The van der Waals surface area contributed by atoms with Gasteiger partial charge in [0, 0.05) is 27.9 Å². The van der Waals surface area contributed by atoms with Crippen molar-refractivity contribution in [2.75, 3.05) is 0 Å². The average Bonchev–Trinajstić information content (AvgIpc) is 2.92. The van der Waals surface area contributed by atoms with Crippen LogP contribution in [-0.4, -0.2) is 0 Å². The number of rotatable bonds is 7. The molecule has 0 radical (unpaired) electrons. The molecule has 0 N–H and O–H groups in total. The third-order valence-electron chi connectivity index (χ3n) is 5.86. The Balaban J connectivity index is 1.87. The van der Waals surface area contributed by atoms with Gasteiger partial charge in [-0.05, 0) is 59.9 Å². The van der Waals surface area contributed by atoms with Crippen LogP contribution >= 0.6 is 34.4 Å². The largest absolute Gasteiger partial charge is 0.456 e. The Labute approximate surface area is 221 Å². The van der Waals surface area contributed by atoms with Crippen LogP contribution in [0.5, 0.6) is 11.5 Å². The highest BCUT2D eigenvalue weighted by Crippen LogP contribution is 2.50. The zero-order valence-corrected chi connectivity index (χ0v) is 22.3. The fourth-order valence-electron chi connectivity index (χ4n) is 4.29. The summed E-state index contributed by atoms with van der Waals surface area (Å²) in [6, 6.07) is 41.6.